The minimum Gasteiger partial charge on any atom is -0.377 e. The molecular formula is C29H30FN7O4S. The maximum Gasteiger partial charge on any atom is 0.323 e. The summed E-state index contributed by atoms with van der Waals surface area (Å²) in [7, 11) is -2.33. The van der Waals surface area contributed by atoms with Gasteiger partial charge in [0.2, 0.25) is 0 Å². The summed E-state index contributed by atoms with van der Waals surface area (Å²) in [5, 5.41) is 9.51. The van der Waals surface area contributed by atoms with E-state index in [1.807, 2.05) is 6.92 Å². The molecule has 2 amide bonds. The number of hydrogen-bond donors (Lipinski definition) is 2. The van der Waals surface area contributed by atoms with Crippen molar-refractivity contribution in [2.45, 2.75) is 35.4 Å². The zero-order valence-corrected chi connectivity index (χ0v) is 23.9. The van der Waals surface area contributed by atoms with Gasteiger partial charge in [0.05, 0.1) is 36.8 Å². The lowest BCUT2D eigenvalue weighted by atomic mass is 10.1. The van der Waals surface area contributed by atoms with Gasteiger partial charge in [0.25, 0.3) is 0 Å². The number of carbonyl (C=O) groups excluding carboxylic acids is 1. The summed E-state index contributed by atoms with van der Waals surface area (Å²) in [5.41, 5.74) is 2.07. The Bertz CT molecular complexity index is 1740. The number of morpholine rings is 1. The van der Waals surface area contributed by atoms with Crippen LogP contribution in [0.15, 0.2) is 71.9 Å². The Balaban J connectivity index is 1.34. The second kappa shape index (κ2) is 10.8. The Morgan fingerprint density at radius 2 is 1.81 bits per heavy atom. The SMILES string of the molecule is C[C@H]1COCCN1c1cc(C2(S(=O)(=O)c3ccccc3F)CC2)nc(-c2ccc(NC(=O)Nc3cnn(C)c3)cc2)n1. The van der Waals surface area contributed by atoms with Gasteiger partial charge >= 0.3 is 6.03 Å². The minimum atomic E-state index is -4.08. The molecule has 1 saturated carbocycles. The molecule has 3 heterocycles. The Labute approximate surface area is 242 Å². The molecule has 2 fully saturated rings. The molecular weight excluding hydrogens is 561 g/mol. The van der Waals surface area contributed by atoms with Crippen molar-refractivity contribution >= 4 is 33.1 Å². The molecule has 218 valence electrons. The maximum atomic E-state index is 14.7. The van der Waals surface area contributed by atoms with E-state index in [0.717, 1.165) is 6.07 Å². The standard InChI is InChI=1S/C29H30FN7O4S/c1-19-18-41-14-13-37(19)26-15-25(29(11-12-29)42(39,40)24-6-4-3-5-23(24)30)34-27(35-26)20-7-9-21(10-8-20)32-28(38)33-22-16-31-36(2)17-22/h3-10,15-17,19H,11-14,18H2,1-2H3,(H2,32,33,38)/t19-/m0/s1. The molecule has 1 aliphatic carbocycles. The molecule has 2 aromatic carbocycles. The number of aryl methyl sites for hydroxylation is 1. The third-order valence-corrected chi connectivity index (χ3v) is 10.1. The molecule has 11 nitrogen and oxygen atoms in total. The van der Waals surface area contributed by atoms with Crippen LogP contribution in [0.25, 0.3) is 11.4 Å². The molecule has 2 aromatic heterocycles. The van der Waals surface area contributed by atoms with Crippen molar-refractivity contribution in [2.75, 3.05) is 35.3 Å². The molecule has 0 spiro atoms. The number of ether oxygens (including phenoxy) is 1. The van der Waals surface area contributed by atoms with Crippen LogP contribution in [-0.4, -0.2) is 60.0 Å². The van der Waals surface area contributed by atoms with E-state index >= 15 is 0 Å². The van der Waals surface area contributed by atoms with Gasteiger partial charge in [-0.2, -0.15) is 5.10 Å². The van der Waals surface area contributed by atoms with Gasteiger partial charge in [-0.05, 0) is 56.2 Å². The average molecular weight is 592 g/mol. The van der Waals surface area contributed by atoms with Crippen LogP contribution < -0.4 is 15.5 Å². The van der Waals surface area contributed by atoms with Crippen LogP contribution in [0.4, 0.5) is 26.4 Å². The molecule has 2 N–H and O–H groups in total. The number of carbonyl (C=O) groups is 1. The highest BCUT2D eigenvalue weighted by atomic mass is 32.2. The number of urea groups is 1. The predicted molar refractivity (Wildman–Crippen MR) is 155 cm³/mol. The van der Waals surface area contributed by atoms with Crippen molar-refractivity contribution < 1.29 is 22.3 Å². The molecule has 0 radical (unpaired) electrons. The lowest BCUT2D eigenvalue weighted by Crippen LogP contribution is -2.44. The number of aromatic nitrogens is 4. The van der Waals surface area contributed by atoms with Gasteiger partial charge < -0.3 is 20.3 Å². The summed E-state index contributed by atoms with van der Waals surface area (Å²) in [6, 6.07) is 13.7. The maximum absolute atomic E-state index is 14.7. The molecule has 0 unspecified atom stereocenters. The van der Waals surface area contributed by atoms with Gasteiger partial charge in [-0.3, -0.25) is 4.68 Å². The molecule has 4 aromatic rings. The zero-order chi connectivity index (χ0) is 29.5. The van der Waals surface area contributed by atoms with Gasteiger partial charge in [0.15, 0.2) is 15.7 Å². The number of halogens is 1. The van der Waals surface area contributed by atoms with Crippen molar-refractivity contribution in [1.29, 1.82) is 0 Å². The number of amides is 2. The highest BCUT2D eigenvalue weighted by Crippen LogP contribution is 2.55. The van der Waals surface area contributed by atoms with E-state index in [0.29, 0.717) is 66.9 Å². The average Bonchev–Trinajstić information content (AvgIpc) is 3.71. The molecule has 0 bridgehead atoms. The summed E-state index contributed by atoms with van der Waals surface area (Å²) >= 11 is 0. The van der Waals surface area contributed by atoms with E-state index < -0.39 is 26.4 Å². The zero-order valence-electron chi connectivity index (χ0n) is 23.1. The summed E-state index contributed by atoms with van der Waals surface area (Å²) in [5.74, 6) is 0.136. The van der Waals surface area contributed by atoms with E-state index in [2.05, 4.69) is 20.6 Å². The van der Waals surface area contributed by atoms with Gasteiger partial charge in [0, 0.05) is 37.1 Å². The fourth-order valence-electron chi connectivity index (χ4n) is 5.14. The molecule has 6 rings (SSSR count). The lowest BCUT2D eigenvalue weighted by Gasteiger charge is -2.34. The monoisotopic (exact) mass is 591 g/mol. The lowest BCUT2D eigenvalue weighted by molar-refractivity contribution is 0.0985. The van der Waals surface area contributed by atoms with E-state index in [-0.39, 0.29) is 10.9 Å². The van der Waals surface area contributed by atoms with E-state index in [1.165, 1.54) is 18.2 Å². The first-order chi connectivity index (χ1) is 20.2. The van der Waals surface area contributed by atoms with Gasteiger partial charge in [-0.1, -0.05) is 12.1 Å². The summed E-state index contributed by atoms with van der Waals surface area (Å²) < 4.78 is 48.2. The minimum absolute atomic E-state index is 0.0116. The smallest absolute Gasteiger partial charge is 0.323 e. The van der Waals surface area contributed by atoms with Crippen molar-refractivity contribution in [1.82, 2.24) is 19.7 Å². The third-order valence-electron chi connectivity index (χ3n) is 7.55. The van der Waals surface area contributed by atoms with E-state index in [4.69, 9.17) is 14.7 Å². The first-order valence-electron chi connectivity index (χ1n) is 13.6. The first-order valence-corrected chi connectivity index (χ1v) is 15.0. The van der Waals surface area contributed by atoms with Crippen LogP contribution in [0, 0.1) is 5.82 Å². The molecule has 1 atom stereocenters. The Kier molecular flexibility index (Phi) is 7.15. The van der Waals surface area contributed by atoms with Gasteiger partial charge in [-0.15, -0.1) is 0 Å². The van der Waals surface area contributed by atoms with Crippen molar-refractivity contribution in [3.8, 4) is 11.4 Å². The second-order valence-electron chi connectivity index (χ2n) is 10.5. The van der Waals surface area contributed by atoms with Crippen LogP contribution in [0.1, 0.15) is 25.5 Å². The Morgan fingerprint density at radius 3 is 2.48 bits per heavy atom. The quantitative estimate of drug-likeness (QED) is 0.324. The largest absolute Gasteiger partial charge is 0.377 e. The van der Waals surface area contributed by atoms with Gasteiger partial charge in [-0.25, -0.2) is 27.6 Å². The Morgan fingerprint density at radius 1 is 1.07 bits per heavy atom. The third kappa shape index (κ3) is 5.21. The predicted octanol–water partition coefficient (Wildman–Crippen LogP) is 4.35. The fraction of sp³-hybridized carbons (Fsp3) is 0.310. The fourth-order valence-corrected chi connectivity index (χ4v) is 7.17. The van der Waals surface area contributed by atoms with E-state index in [9.17, 15) is 17.6 Å². The molecule has 2 aliphatic rings. The molecule has 13 heteroatoms. The Hall–Kier alpha value is -4.36. The van der Waals surface area contributed by atoms with Gasteiger partial charge in [0.1, 0.15) is 21.3 Å². The van der Waals surface area contributed by atoms with Crippen LogP contribution in [0.3, 0.4) is 0 Å². The van der Waals surface area contributed by atoms with Crippen LogP contribution in [0.2, 0.25) is 0 Å². The highest BCUT2D eigenvalue weighted by molar-refractivity contribution is 7.92. The molecule has 42 heavy (non-hydrogen) atoms. The number of nitrogens with one attached hydrogen (secondary N) is 2. The van der Waals surface area contributed by atoms with Crippen molar-refractivity contribution in [3.05, 3.63) is 78.5 Å². The number of hydrogen-bond acceptors (Lipinski definition) is 8. The number of rotatable bonds is 7. The van der Waals surface area contributed by atoms with E-state index in [1.54, 1.807) is 54.5 Å². The number of benzene rings is 2. The second-order valence-corrected chi connectivity index (χ2v) is 12.8. The highest BCUT2D eigenvalue weighted by Gasteiger charge is 2.58. The van der Waals surface area contributed by atoms with Crippen molar-refractivity contribution in [3.63, 3.8) is 0 Å². The first kappa shape index (κ1) is 27.8. The topological polar surface area (TPSA) is 131 Å². The normalized spacial score (nSPS) is 18.0. The van der Waals surface area contributed by atoms with Crippen molar-refractivity contribution in [2.24, 2.45) is 7.05 Å². The number of anilines is 3. The summed E-state index contributed by atoms with van der Waals surface area (Å²) in [6.07, 6.45) is 3.87. The van der Waals surface area contributed by atoms with Crippen LogP contribution in [0.5, 0.6) is 0 Å². The number of nitrogens with zero attached hydrogens (tertiary/aromatic N) is 5. The molecule has 1 aliphatic heterocycles. The van der Waals surface area contributed by atoms with Crippen LogP contribution >= 0.6 is 0 Å². The summed E-state index contributed by atoms with van der Waals surface area (Å²) in [4.78, 5) is 23.7. The summed E-state index contributed by atoms with van der Waals surface area (Å²) in [6.45, 7) is 3.62. The number of sulfone groups is 1. The molecule has 1 saturated heterocycles. The van der Waals surface area contributed by atoms with Crippen LogP contribution in [-0.2, 0) is 26.4 Å².